The van der Waals surface area contributed by atoms with E-state index in [0.717, 1.165) is 13.0 Å². The number of amides is 1. The molecule has 1 aliphatic heterocycles. The molecule has 0 aromatic rings. The number of carbonyl (C=O) groups is 1. The molecule has 1 heterocycles. The third-order valence-electron chi connectivity index (χ3n) is 5.83. The third-order valence-corrected chi connectivity index (χ3v) is 5.83. The van der Waals surface area contributed by atoms with Crippen LogP contribution in [0.4, 0.5) is 0 Å². The van der Waals surface area contributed by atoms with Crippen molar-refractivity contribution in [3.05, 3.63) is 0 Å². The molecule has 1 amide bonds. The van der Waals surface area contributed by atoms with Gasteiger partial charge in [-0.2, -0.15) is 0 Å². The molecule has 2 saturated carbocycles. The van der Waals surface area contributed by atoms with Gasteiger partial charge in [0.2, 0.25) is 5.91 Å². The van der Waals surface area contributed by atoms with E-state index >= 15 is 0 Å². The number of carbonyl (C=O) groups excluding carboxylic acids is 1. The van der Waals surface area contributed by atoms with Crippen LogP contribution in [0.25, 0.3) is 0 Å². The summed E-state index contributed by atoms with van der Waals surface area (Å²) >= 11 is 0. The molecule has 0 radical (unpaired) electrons. The first-order chi connectivity index (χ1) is 10.1. The predicted molar refractivity (Wildman–Crippen MR) is 79.8 cm³/mol. The van der Waals surface area contributed by atoms with Gasteiger partial charge in [0.1, 0.15) is 0 Å². The maximum atomic E-state index is 12.6. The van der Waals surface area contributed by atoms with Gasteiger partial charge < -0.3 is 20.5 Å². The van der Waals surface area contributed by atoms with Crippen molar-refractivity contribution < 1.29 is 14.3 Å². The van der Waals surface area contributed by atoms with Crippen LogP contribution >= 0.6 is 0 Å². The van der Waals surface area contributed by atoms with Crippen LogP contribution in [0.3, 0.4) is 0 Å². The zero-order chi connectivity index (χ0) is 14.9. The molecule has 3 fully saturated rings. The lowest BCUT2D eigenvalue weighted by molar-refractivity contribution is -0.149. The molecular weight excluding hydrogens is 268 g/mol. The van der Waals surface area contributed by atoms with E-state index in [0.29, 0.717) is 32.2 Å². The van der Waals surface area contributed by atoms with Gasteiger partial charge in [-0.25, -0.2) is 0 Å². The molecule has 2 atom stereocenters. The average molecular weight is 296 g/mol. The molecule has 21 heavy (non-hydrogen) atoms. The fourth-order valence-corrected chi connectivity index (χ4v) is 4.35. The van der Waals surface area contributed by atoms with Crippen molar-refractivity contribution in [3.63, 3.8) is 0 Å². The first-order valence-corrected chi connectivity index (χ1v) is 8.40. The Morgan fingerprint density at radius 3 is 2.57 bits per heavy atom. The first-order valence-electron chi connectivity index (χ1n) is 8.40. The zero-order valence-corrected chi connectivity index (χ0v) is 13.0. The molecule has 5 nitrogen and oxygen atoms in total. The quantitative estimate of drug-likeness (QED) is 0.821. The van der Waals surface area contributed by atoms with Crippen molar-refractivity contribution in [1.29, 1.82) is 0 Å². The maximum absolute atomic E-state index is 12.6. The van der Waals surface area contributed by atoms with E-state index in [-0.39, 0.29) is 17.4 Å². The summed E-state index contributed by atoms with van der Waals surface area (Å²) in [4.78, 5) is 12.6. The van der Waals surface area contributed by atoms with Crippen molar-refractivity contribution >= 4 is 5.91 Å². The van der Waals surface area contributed by atoms with Crippen LogP contribution in [0, 0.1) is 5.41 Å². The smallest absolute Gasteiger partial charge is 0.240 e. The van der Waals surface area contributed by atoms with Gasteiger partial charge in [-0.05, 0) is 39.0 Å². The van der Waals surface area contributed by atoms with Crippen LogP contribution in [0.1, 0.15) is 51.9 Å². The minimum Gasteiger partial charge on any atom is -0.381 e. The SMILES string of the molecule is CCOC1CC(NC(=O)C2(N)CCOCC2)C12CCCC2. The van der Waals surface area contributed by atoms with E-state index in [9.17, 15) is 4.79 Å². The molecule has 0 aromatic carbocycles. The fraction of sp³-hybridized carbons (Fsp3) is 0.938. The van der Waals surface area contributed by atoms with Crippen molar-refractivity contribution in [2.24, 2.45) is 11.1 Å². The highest BCUT2D eigenvalue weighted by Gasteiger charge is 2.57. The van der Waals surface area contributed by atoms with Gasteiger partial charge in [0.25, 0.3) is 0 Å². The summed E-state index contributed by atoms with van der Waals surface area (Å²) in [6.07, 6.45) is 7.33. The van der Waals surface area contributed by atoms with Gasteiger partial charge in [-0.3, -0.25) is 4.79 Å². The summed E-state index contributed by atoms with van der Waals surface area (Å²) in [6.45, 7) is 3.97. The lowest BCUT2D eigenvalue weighted by Crippen LogP contribution is -2.68. The molecule has 5 heteroatoms. The lowest BCUT2D eigenvalue weighted by Gasteiger charge is -2.54. The van der Waals surface area contributed by atoms with Crippen LogP contribution in [0.15, 0.2) is 0 Å². The van der Waals surface area contributed by atoms with E-state index in [1.807, 2.05) is 6.92 Å². The topological polar surface area (TPSA) is 73.6 Å². The molecule has 3 rings (SSSR count). The molecule has 2 aliphatic carbocycles. The summed E-state index contributed by atoms with van der Waals surface area (Å²) in [5, 5.41) is 3.25. The first kappa shape index (κ1) is 15.3. The maximum Gasteiger partial charge on any atom is 0.240 e. The summed E-state index contributed by atoms with van der Waals surface area (Å²) in [7, 11) is 0. The van der Waals surface area contributed by atoms with Gasteiger partial charge in [-0.15, -0.1) is 0 Å². The van der Waals surface area contributed by atoms with Gasteiger partial charge in [0.15, 0.2) is 0 Å². The molecule has 0 bridgehead atoms. The lowest BCUT2D eigenvalue weighted by atomic mass is 9.60. The number of hydrogen-bond acceptors (Lipinski definition) is 4. The number of hydrogen-bond donors (Lipinski definition) is 2. The summed E-state index contributed by atoms with van der Waals surface area (Å²) < 4.78 is 11.2. The second-order valence-electron chi connectivity index (χ2n) is 6.91. The second-order valence-corrected chi connectivity index (χ2v) is 6.91. The van der Waals surface area contributed by atoms with Crippen LogP contribution in [0.2, 0.25) is 0 Å². The molecule has 3 N–H and O–H groups in total. The Balaban J connectivity index is 1.63. The van der Waals surface area contributed by atoms with E-state index in [1.165, 1.54) is 25.7 Å². The Morgan fingerprint density at radius 2 is 1.95 bits per heavy atom. The fourth-order valence-electron chi connectivity index (χ4n) is 4.35. The predicted octanol–water partition coefficient (Wildman–Crippen LogP) is 1.35. The van der Waals surface area contributed by atoms with Crippen LogP contribution < -0.4 is 11.1 Å². The van der Waals surface area contributed by atoms with E-state index in [2.05, 4.69) is 5.32 Å². The molecular formula is C16H28N2O3. The molecule has 1 saturated heterocycles. The number of ether oxygens (including phenoxy) is 2. The molecule has 120 valence electrons. The van der Waals surface area contributed by atoms with E-state index in [1.54, 1.807) is 0 Å². The minimum atomic E-state index is -0.741. The Hall–Kier alpha value is -0.650. The Bertz CT molecular complexity index is 387. The number of nitrogens with one attached hydrogen (secondary N) is 1. The monoisotopic (exact) mass is 296 g/mol. The summed E-state index contributed by atoms with van der Waals surface area (Å²) in [5.41, 5.74) is 5.72. The molecule has 1 spiro atoms. The number of rotatable bonds is 4. The Labute approximate surface area is 126 Å². The van der Waals surface area contributed by atoms with E-state index < -0.39 is 5.54 Å². The second kappa shape index (κ2) is 5.86. The van der Waals surface area contributed by atoms with Gasteiger partial charge in [-0.1, -0.05) is 12.8 Å². The molecule has 3 aliphatic rings. The standard InChI is InChI=1S/C16H28N2O3/c1-2-21-13-11-12(15(13)5-3-4-6-15)18-14(19)16(17)7-9-20-10-8-16/h12-13H,2-11,17H2,1H3,(H,18,19). The van der Waals surface area contributed by atoms with Crippen molar-refractivity contribution in [3.8, 4) is 0 Å². The van der Waals surface area contributed by atoms with Gasteiger partial charge in [0.05, 0.1) is 11.6 Å². The molecule has 2 unspecified atom stereocenters. The normalized spacial score (nSPS) is 33.6. The highest BCUT2D eigenvalue weighted by Crippen LogP contribution is 2.54. The Morgan fingerprint density at radius 1 is 1.29 bits per heavy atom. The third kappa shape index (κ3) is 2.60. The summed E-state index contributed by atoms with van der Waals surface area (Å²) in [6, 6.07) is 0.243. The van der Waals surface area contributed by atoms with Gasteiger partial charge in [0, 0.05) is 31.3 Å². The highest BCUT2D eigenvalue weighted by atomic mass is 16.5. The van der Waals surface area contributed by atoms with Gasteiger partial charge >= 0.3 is 0 Å². The Kier molecular flexibility index (Phi) is 4.26. The summed E-state index contributed by atoms with van der Waals surface area (Å²) in [5.74, 6) is 0.0111. The zero-order valence-electron chi connectivity index (χ0n) is 13.0. The number of nitrogens with two attached hydrogens (primary N) is 1. The molecule has 0 aromatic heterocycles. The van der Waals surface area contributed by atoms with Crippen molar-refractivity contribution in [2.75, 3.05) is 19.8 Å². The van der Waals surface area contributed by atoms with Crippen LogP contribution in [-0.2, 0) is 14.3 Å². The minimum absolute atomic E-state index is 0.0111. The van der Waals surface area contributed by atoms with Crippen LogP contribution in [0.5, 0.6) is 0 Å². The average Bonchev–Trinajstić information content (AvgIpc) is 2.99. The van der Waals surface area contributed by atoms with E-state index in [4.69, 9.17) is 15.2 Å². The van der Waals surface area contributed by atoms with Crippen LogP contribution in [-0.4, -0.2) is 43.4 Å². The highest BCUT2D eigenvalue weighted by molar-refractivity contribution is 5.86. The largest absolute Gasteiger partial charge is 0.381 e. The van der Waals surface area contributed by atoms with Crippen molar-refractivity contribution in [2.45, 2.75) is 69.6 Å². The van der Waals surface area contributed by atoms with Crippen molar-refractivity contribution in [1.82, 2.24) is 5.32 Å².